The molecule has 3 rings (SSSR count). The second kappa shape index (κ2) is 5.81. The summed E-state index contributed by atoms with van der Waals surface area (Å²) in [5, 5.41) is 3.76. The number of carbonyl (C=O) groups excluding carboxylic acids is 1. The highest BCUT2D eigenvalue weighted by Crippen LogP contribution is 2.25. The molecule has 2 N–H and O–H groups in total. The normalized spacial score (nSPS) is 10.5. The smallest absolute Gasteiger partial charge is 0.272 e. The lowest BCUT2D eigenvalue weighted by molar-refractivity contribution is 0.102. The standard InChI is InChI=1S/C17H16N2O3/c1-21-12-7-8-13-11(9-12)10-15(18-13)17(20)19-14-5-3-4-6-16(14)22-2/h3-10,18H,1-2H3,(H,19,20). The Labute approximate surface area is 127 Å². The number of rotatable bonds is 4. The Balaban J connectivity index is 1.88. The summed E-state index contributed by atoms with van der Waals surface area (Å²) in [4.78, 5) is 15.5. The van der Waals surface area contributed by atoms with Crippen LogP contribution in [0.25, 0.3) is 10.9 Å². The number of aromatic nitrogens is 1. The van der Waals surface area contributed by atoms with Crippen LogP contribution in [0.5, 0.6) is 11.5 Å². The molecule has 112 valence electrons. The van der Waals surface area contributed by atoms with Gasteiger partial charge in [-0.2, -0.15) is 0 Å². The van der Waals surface area contributed by atoms with E-state index in [1.54, 1.807) is 32.4 Å². The van der Waals surface area contributed by atoms with Gasteiger partial charge in [0.1, 0.15) is 17.2 Å². The van der Waals surface area contributed by atoms with Crippen LogP contribution in [0.3, 0.4) is 0 Å². The molecule has 5 nitrogen and oxygen atoms in total. The van der Waals surface area contributed by atoms with Crippen molar-refractivity contribution < 1.29 is 14.3 Å². The average molecular weight is 296 g/mol. The van der Waals surface area contributed by atoms with Crippen LogP contribution >= 0.6 is 0 Å². The lowest BCUT2D eigenvalue weighted by Crippen LogP contribution is -2.12. The molecule has 22 heavy (non-hydrogen) atoms. The lowest BCUT2D eigenvalue weighted by atomic mass is 10.2. The molecule has 0 fully saturated rings. The highest BCUT2D eigenvalue weighted by molar-refractivity contribution is 6.06. The SMILES string of the molecule is COc1ccc2[nH]c(C(=O)Nc3ccccc3OC)cc2c1. The van der Waals surface area contributed by atoms with Gasteiger partial charge in [0, 0.05) is 10.9 Å². The first-order valence-electron chi connectivity index (χ1n) is 6.82. The van der Waals surface area contributed by atoms with E-state index in [2.05, 4.69) is 10.3 Å². The third-order valence-electron chi connectivity index (χ3n) is 3.43. The van der Waals surface area contributed by atoms with Crippen molar-refractivity contribution in [1.82, 2.24) is 4.98 Å². The predicted octanol–water partition coefficient (Wildman–Crippen LogP) is 3.44. The van der Waals surface area contributed by atoms with E-state index in [0.29, 0.717) is 17.1 Å². The van der Waals surface area contributed by atoms with Gasteiger partial charge in [-0.25, -0.2) is 0 Å². The van der Waals surface area contributed by atoms with Crippen molar-refractivity contribution in [1.29, 1.82) is 0 Å². The fourth-order valence-electron chi connectivity index (χ4n) is 2.30. The number of fused-ring (bicyclic) bond motifs is 1. The first-order valence-corrected chi connectivity index (χ1v) is 6.82. The number of ether oxygens (including phenoxy) is 2. The number of nitrogens with one attached hydrogen (secondary N) is 2. The minimum absolute atomic E-state index is 0.223. The number of H-pyrrole nitrogens is 1. The predicted molar refractivity (Wildman–Crippen MR) is 85.8 cm³/mol. The fraction of sp³-hybridized carbons (Fsp3) is 0.118. The molecule has 0 atom stereocenters. The van der Waals surface area contributed by atoms with E-state index in [0.717, 1.165) is 16.7 Å². The van der Waals surface area contributed by atoms with Crippen molar-refractivity contribution in [2.75, 3.05) is 19.5 Å². The zero-order valence-corrected chi connectivity index (χ0v) is 12.3. The van der Waals surface area contributed by atoms with Gasteiger partial charge in [-0.3, -0.25) is 4.79 Å². The average Bonchev–Trinajstić information content (AvgIpc) is 2.98. The molecule has 0 spiro atoms. The Morgan fingerprint density at radius 3 is 2.64 bits per heavy atom. The van der Waals surface area contributed by atoms with E-state index in [9.17, 15) is 4.79 Å². The number of hydrogen-bond donors (Lipinski definition) is 2. The third-order valence-corrected chi connectivity index (χ3v) is 3.43. The van der Waals surface area contributed by atoms with Gasteiger partial charge in [0.25, 0.3) is 5.91 Å². The Hall–Kier alpha value is -2.95. The quantitative estimate of drug-likeness (QED) is 0.775. The van der Waals surface area contributed by atoms with E-state index >= 15 is 0 Å². The number of anilines is 1. The van der Waals surface area contributed by atoms with Crippen molar-refractivity contribution in [3.05, 3.63) is 54.2 Å². The summed E-state index contributed by atoms with van der Waals surface area (Å²) in [5.41, 5.74) is 1.99. The van der Waals surface area contributed by atoms with Crippen molar-refractivity contribution in [3.63, 3.8) is 0 Å². The molecule has 1 heterocycles. The van der Waals surface area contributed by atoms with Crippen LogP contribution in [0, 0.1) is 0 Å². The number of para-hydroxylation sites is 2. The molecule has 1 amide bonds. The van der Waals surface area contributed by atoms with Crippen LogP contribution in [0.4, 0.5) is 5.69 Å². The number of hydrogen-bond acceptors (Lipinski definition) is 3. The maximum atomic E-state index is 12.4. The molecule has 0 aliphatic rings. The van der Waals surface area contributed by atoms with Gasteiger partial charge in [-0.05, 0) is 36.4 Å². The molecule has 0 bridgehead atoms. The second-order valence-corrected chi connectivity index (χ2v) is 4.79. The fourth-order valence-corrected chi connectivity index (χ4v) is 2.30. The number of benzene rings is 2. The Kier molecular flexibility index (Phi) is 3.70. The molecule has 1 aromatic heterocycles. The number of carbonyl (C=O) groups is 1. The second-order valence-electron chi connectivity index (χ2n) is 4.79. The summed E-state index contributed by atoms with van der Waals surface area (Å²) in [6, 6.07) is 14.7. The van der Waals surface area contributed by atoms with E-state index in [4.69, 9.17) is 9.47 Å². The highest BCUT2D eigenvalue weighted by Gasteiger charge is 2.12. The molecule has 0 saturated carbocycles. The minimum Gasteiger partial charge on any atom is -0.497 e. The maximum Gasteiger partial charge on any atom is 0.272 e. The number of amides is 1. The van der Waals surface area contributed by atoms with Crippen LogP contribution in [0.2, 0.25) is 0 Å². The summed E-state index contributed by atoms with van der Waals surface area (Å²) in [5.74, 6) is 1.15. The number of methoxy groups -OCH3 is 2. The largest absolute Gasteiger partial charge is 0.497 e. The summed E-state index contributed by atoms with van der Waals surface area (Å²) in [6.07, 6.45) is 0. The monoisotopic (exact) mass is 296 g/mol. The van der Waals surface area contributed by atoms with Crippen LogP contribution in [0.1, 0.15) is 10.5 Å². The van der Waals surface area contributed by atoms with Crippen LogP contribution in [-0.2, 0) is 0 Å². The summed E-state index contributed by atoms with van der Waals surface area (Å²) >= 11 is 0. The van der Waals surface area contributed by atoms with Crippen molar-refractivity contribution in [2.45, 2.75) is 0 Å². The first-order chi connectivity index (χ1) is 10.7. The van der Waals surface area contributed by atoms with Crippen molar-refractivity contribution in [2.24, 2.45) is 0 Å². The first kappa shape index (κ1) is 14.0. The molecular weight excluding hydrogens is 280 g/mol. The van der Waals surface area contributed by atoms with Gasteiger partial charge in [-0.15, -0.1) is 0 Å². The van der Waals surface area contributed by atoms with E-state index < -0.39 is 0 Å². The van der Waals surface area contributed by atoms with Gasteiger partial charge in [-0.1, -0.05) is 12.1 Å². The minimum atomic E-state index is -0.223. The molecular formula is C17H16N2O3. The molecule has 3 aromatic rings. The van der Waals surface area contributed by atoms with Crippen LogP contribution in [0.15, 0.2) is 48.5 Å². The van der Waals surface area contributed by atoms with Gasteiger partial charge in [0.15, 0.2) is 0 Å². The molecule has 2 aromatic carbocycles. The number of aromatic amines is 1. The Morgan fingerprint density at radius 2 is 1.86 bits per heavy atom. The molecule has 0 unspecified atom stereocenters. The lowest BCUT2D eigenvalue weighted by Gasteiger charge is -2.08. The molecule has 0 radical (unpaired) electrons. The highest BCUT2D eigenvalue weighted by atomic mass is 16.5. The van der Waals surface area contributed by atoms with Gasteiger partial charge in [0.2, 0.25) is 0 Å². The van der Waals surface area contributed by atoms with E-state index in [1.165, 1.54) is 0 Å². The van der Waals surface area contributed by atoms with Gasteiger partial charge >= 0.3 is 0 Å². The van der Waals surface area contributed by atoms with E-state index in [-0.39, 0.29) is 5.91 Å². The van der Waals surface area contributed by atoms with Gasteiger partial charge in [0.05, 0.1) is 19.9 Å². The molecule has 0 saturated heterocycles. The third kappa shape index (κ3) is 2.61. The van der Waals surface area contributed by atoms with Crippen LogP contribution < -0.4 is 14.8 Å². The van der Waals surface area contributed by atoms with Crippen molar-refractivity contribution in [3.8, 4) is 11.5 Å². The molecule has 0 aliphatic carbocycles. The molecule has 5 heteroatoms. The topological polar surface area (TPSA) is 63.4 Å². The summed E-state index contributed by atoms with van der Waals surface area (Å²) in [6.45, 7) is 0. The summed E-state index contributed by atoms with van der Waals surface area (Å²) < 4.78 is 10.4. The Bertz CT molecular complexity index is 824. The van der Waals surface area contributed by atoms with E-state index in [1.807, 2.05) is 30.3 Å². The maximum absolute atomic E-state index is 12.4. The zero-order chi connectivity index (χ0) is 15.5. The molecule has 0 aliphatic heterocycles. The summed E-state index contributed by atoms with van der Waals surface area (Å²) in [7, 11) is 3.18. The van der Waals surface area contributed by atoms with Gasteiger partial charge < -0.3 is 19.8 Å². The zero-order valence-electron chi connectivity index (χ0n) is 12.3. The Morgan fingerprint density at radius 1 is 1.05 bits per heavy atom. The van der Waals surface area contributed by atoms with Crippen LogP contribution in [-0.4, -0.2) is 25.1 Å². The van der Waals surface area contributed by atoms with Crippen molar-refractivity contribution >= 4 is 22.5 Å².